The second-order valence-electron chi connectivity index (χ2n) is 13.2. The molecular formula is C33H38N2O3S. The number of fused-ring (bicyclic) bond motifs is 4. The zero-order valence-corrected chi connectivity index (χ0v) is 25.0. The van der Waals surface area contributed by atoms with Gasteiger partial charge in [-0.25, -0.2) is 8.42 Å². The smallest absolute Gasteiger partial charge is 0.181 e. The summed E-state index contributed by atoms with van der Waals surface area (Å²) in [6, 6.07) is 14.8. The van der Waals surface area contributed by atoms with Crippen LogP contribution in [-0.2, 0) is 9.84 Å². The highest BCUT2D eigenvalue weighted by Gasteiger charge is 2.36. The molecule has 0 saturated carbocycles. The van der Waals surface area contributed by atoms with Crippen molar-refractivity contribution in [3.8, 4) is 11.5 Å². The molecule has 0 spiro atoms. The van der Waals surface area contributed by atoms with Gasteiger partial charge in [0.05, 0.1) is 10.9 Å². The lowest BCUT2D eigenvalue weighted by atomic mass is 9.79. The fraction of sp³-hybridized carbons (Fsp3) is 0.424. The second-order valence-corrected chi connectivity index (χ2v) is 15.1. The van der Waals surface area contributed by atoms with E-state index in [1.54, 1.807) is 0 Å². The molecule has 6 heteroatoms. The quantitative estimate of drug-likeness (QED) is 0.320. The van der Waals surface area contributed by atoms with Crippen LogP contribution in [0.2, 0.25) is 0 Å². The maximum Gasteiger partial charge on any atom is 0.181 e. The third kappa shape index (κ3) is 4.28. The summed E-state index contributed by atoms with van der Waals surface area (Å²) in [5, 5.41) is 5.07. The van der Waals surface area contributed by atoms with Gasteiger partial charge in [0.25, 0.3) is 0 Å². The number of anilines is 1. The first kappa shape index (κ1) is 26.1. The minimum Gasteiger partial charge on any atom is -0.455 e. The second kappa shape index (κ2) is 8.44. The number of hydrogen-bond acceptors (Lipinski definition) is 5. The molecule has 39 heavy (non-hydrogen) atoms. The van der Waals surface area contributed by atoms with Crippen LogP contribution >= 0.6 is 0 Å². The van der Waals surface area contributed by atoms with Crippen molar-refractivity contribution in [3.05, 3.63) is 80.9 Å². The van der Waals surface area contributed by atoms with Gasteiger partial charge in [-0.1, -0.05) is 38.1 Å². The van der Waals surface area contributed by atoms with Gasteiger partial charge in [-0.3, -0.25) is 4.99 Å². The standard InChI is InChI=1S/C33H38N2O3S/c1-18-11-9-10-12-21(18)28-24-13-22-19(2)16-32(4,5)34-26(22)15-27(24)38-30-25(28)14-23-20(3)17-33(6,7)35-29(23)31(30)39(8,36)37/h9-15,19-20,34H,16-17H2,1-8H3. The van der Waals surface area contributed by atoms with Crippen molar-refractivity contribution in [2.24, 2.45) is 4.99 Å². The van der Waals surface area contributed by atoms with Gasteiger partial charge in [0.2, 0.25) is 0 Å². The highest BCUT2D eigenvalue weighted by Crippen LogP contribution is 2.47. The summed E-state index contributed by atoms with van der Waals surface area (Å²) in [6.45, 7) is 15.1. The highest BCUT2D eigenvalue weighted by atomic mass is 32.2. The molecule has 2 atom stereocenters. The van der Waals surface area contributed by atoms with Gasteiger partial charge in [0, 0.05) is 39.9 Å². The van der Waals surface area contributed by atoms with Crippen molar-refractivity contribution in [2.45, 2.75) is 89.1 Å². The predicted octanol–water partition coefficient (Wildman–Crippen LogP) is 6.35. The Hall–Kier alpha value is -3.12. The number of nitrogens with zero attached hydrogens (tertiary/aromatic N) is 1. The SMILES string of the molecule is Cc1ccccc1C1=c2cc3c(c(S(C)(=O)=O)c2Oc2cc4c(cc21)C(C)CC(C)(C)N4)=NC(C)(C)CC3C. The van der Waals surface area contributed by atoms with Gasteiger partial charge in [0.1, 0.15) is 10.6 Å². The van der Waals surface area contributed by atoms with Crippen molar-refractivity contribution in [1.29, 1.82) is 0 Å². The molecule has 3 aromatic carbocycles. The molecule has 0 saturated heterocycles. The Bertz CT molecular complexity index is 1780. The maximum atomic E-state index is 13.5. The average molecular weight is 543 g/mol. The number of ether oxygens (including phenoxy) is 1. The lowest BCUT2D eigenvalue weighted by Gasteiger charge is -2.38. The van der Waals surface area contributed by atoms with Crippen LogP contribution in [0.1, 0.15) is 94.0 Å². The van der Waals surface area contributed by atoms with Gasteiger partial charge in [-0.05, 0) is 93.7 Å². The molecule has 1 N–H and O–H groups in total. The molecule has 0 amide bonds. The molecule has 0 bridgehead atoms. The Morgan fingerprint density at radius 2 is 1.64 bits per heavy atom. The van der Waals surface area contributed by atoms with Crippen molar-refractivity contribution < 1.29 is 13.2 Å². The average Bonchev–Trinajstić information content (AvgIpc) is 2.79. The number of benzene rings is 3. The van der Waals surface area contributed by atoms with Gasteiger partial charge in [0.15, 0.2) is 15.6 Å². The third-order valence-electron chi connectivity index (χ3n) is 8.50. The van der Waals surface area contributed by atoms with E-state index in [1.807, 2.05) is 12.1 Å². The van der Waals surface area contributed by atoms with Crippen molar-refractivity contribution in [2.75, 3.05) is 11.6 Å². The number of nitrogens with one attached hydrogen (secondary N) is 1. The van der Waals surface area contributed by atoms with Gasteiger partial charge in [-0.15, -0.1) is 0 Å². The normalized spacial score (nSPS) is 22.3. The zero-order chi connectivity index (χ0) is 28.1. The van der Waals surface area contributed by atoms with Crippen molar-refractivity contribution in [1.82, 2.24) is 0 Å². The van der Waals surface area contributed by atoms with Crippen LogP contribution in [0.25, 0.3) is 5.57 Å². The Morgan fingerprint density at radius 1 is 0.949 bits per heavy atom. The summed E-state index contributed by atoms with van der Waals surface area (Å²) in [5.41, 5.74) is 7.11. The Morgan fingerprint density at radius 3 is 2.33 bits per heavy atom. The summed E-state index contributed by atoms with van der Waals surface area (Å²) in [7, 11) is -3.67. The molecule has 0 aromatic heterocycles. The first-order chi connectivity index (χ1) is 18.2. The summed E-state index contributed by atoms with van der Waals surface area (Å²) in [5.74, 6) is 1.59. The molecule has 0 fully saturated rings. The molecule has 204 valence electrons. The first-order valence-corrected chi connectivity index (χ1v) is 15.8. The largest absolute Gasteiger partial charge is 0.455 e. The number of rotatable bonds is 2. The van der Waals surface area contributed by atoms with Crippen molar-refractivity contribution in [3.63, 3.8) is 0 Å². The van der Waals surface area contributed by atoms with Crippen LogP contribution in [0.5, 0.6) is 11.5 Å². The minimum absolute atomic E-state index is 0.0482. The monoisotopic (exact) mass is 542 g/mol. The van der Waals surface area contributed by atoms with E-state index in [1.165, 1.54) is 11.8 Å². The van der Waals surface area contributed by atoms with Gasteiger partial charge in [-0.2, -0.15) is 0 Å². The van der Waals surface area contributed by atoms with E-state index in [0.717, 1.165) is 51.6 Å². The van der Waals surface area contributed by atoms with E-state index in [2.05, 4.69) is 84.1 Å². The lowest BCUT2D eigenvalue weighted by molar-refractivity contribution is 0.399. The van der Waals surface area contributed by atoms with Crippen LogP contribution in [-0.4, -0.2) is 25.8 Å². The zero-order valence-electron chi connectivity index (χ0n) is 24.2. The Labute approximate surface area is 231 Å². The predicted molar refractivity (Wildman–Crippen MR) is 157 cm³/mol. The topological polar surface area (TPSA) is 67.8 Å². The fourth-order valence-corrected chi connectivity index (χ4v) is 8.06. The van der Waals surface area contributed by atoms with Crippen LogP contribution in [0.4, 0.5) is 5.69 Å². The van der Waals surface area contributed by atoms with Crippen molar-refractivity contribution >= 4 is 21.1 Å². The van der Waals surface area contributed by atoms with Gasteiger partial charge >= 0.3 is 0 Å². The van der Waals surface area contributed by atoms with E-state index < -0.39 is 9.84 Å². The summed E-state index contributed by atoms with van der Waals surface area (Å²) in [6.07, 6.45) is 3.15. The van der Waals surface area contributed by atoms with E-state index in [9.17, 15) is 8.42 Å². The third-order valence-corrected chi connectivity index (χ3v) is 9.62. The number of hydrogen-bond donors (Lipinski definition) is 1. The molecule has 2 unspecified atom stereocenters. The molecular weight excluding hydrogens is 504 g/mol. The summed E-state index contributed by atoms with van der Waals surface area (Å²) >= 11 is 0. The number of sulfone groups is 1. The molecule has 6 rings (SSSR count). The maximum absolute atomic E-state index is 13.5. The van der Waals surface area contributed by atoms with Crippen LogP contribution < -0.4 is 20.6 Å². The van der Waals surface area contributed by atoms with E-state index in [4.69, 9.17) is 9.73 Å². The molecule has 3 aliphatic heterocycles. The minimum atomic E-state index is -3.67. The first-order valence-electron chi connectivity index (χ1n) is 13.9. The number of aryl methyl sites for hydroxylation is 1. The molecule has 3 heterocycles. The molecule has 3 aliphatic rings. The molecule has 0 radical (unpaired) electrons. The van der Waals surface area contributed by atoms with E-state index in [-0.39, 0.29) is 21.9 Å². The Balaban J connectivity index is 1.81. The summed E-state index contributed by atoms with van der Waals surface area (Å²) < 4.78 is 33.7. The van der Waals surface area contributed by atoms with E-state index in [0.29, 0.717) is 22.8 Å². The van der Waals surface area contributed by atoms with Gasteiger partial charge < -0.3 is 10.1 Å². The summed E-state index contributed by atoms with van der Waals surface area (Å²) in [4.78, 5) is 5.19. The van der Waals surface area contributed by atoms with Crippen LogP contribution in [0.15, 0.2) is 52.4 Å². The molecule has 5 nitrogen and oxygen atoms in total. The van der Waals surface area contributed by atoms with Crippen LogP contribution in [0.3, 0.4) is 0 Å². The fourth-order valence-electron chi connectivity index (χ4n) is 7.06. The molecule has 3 aromatic rings. The highest BCUT2D eigenvalue weighted by molar-refractivity contribution is 7.90. The lowest BCUT2D eigenvalue weighted by Crippen LogP contribution is -2.38. The Kier molecular flexibility index (Phi) is 5.65. The van der Waals surface area contributed by atoms with Crippen LogP contribution in [0, 0.1) is 6.92 Å². The molecule has 0 aliphatic carbocycles. The van der Waals surface area contributed by atoms with E-state index >= 15 is 0 Å².